The molecule has 0 aromatic rings. The third kappa shape index (κ3) is 4.70. The molecule has 0 aromatic carbocycles. The van der Waals surface area contributed by atoms with Crippen molar-refractivity contribution in [3.63, 3.8) is 0 Å². The first-order chi connectivity index (χ1) is 9.11. The molecule has 112 valence electrons. The Bertz CT molecular complexity index is 372. The fourth-order valence-electron chi connectivity index (χ4n) is 2.90. The minimum Gasteiger partial charge on any atom is -0.373 e. The Balaban J connectivity index is 1.62. The predicted octanol–water partition coefficient (Wildman–Crippen LogP) is 1.01. The summed E-state index contributed by atoms with van der Waals surface area (Å²) < 4.78 is 32.4. The van der Waals surface area contributed by atoms with Gasteiger partial charge in [-0.05, 0) is 51.6 Å². The number of sulfonamides is 1. The Morgan fingerprint density at radius 1 is 1.21 bits per heavy atom. The number of hydrogen-bond acceptors (Lipinski definition) is 4. The van der Waals surface area contributed by atoms with Crippen molar-refractivity contribution in [1.29, 1.82) is 0 Å². The van der Waals surface area contributed by atoms with Crippen LogP contribution in [0.2, 0.25) is 0 Å². The number of nitrogens with one attached hydrogen (secondary N) is 2. The Morgan fingerprint density at radius 3 is 2.68 bits per heavy atom. The lowest BCUT2D eigenvalue weighted by Gasteiger charge is -2.19. The van der Waals surface area contributed by atoms with Crippen molar-refractivity contribution in [1.82, 2.24) is 10.0 Å². The summed E-state index contributed by atoms with van der Waals surface area (Å²) in [6, 6.07) is 0.0157. The van der Waals surface area contributed by atoms with Gasteiger partial charge in [0.2, 0.25) is 10.0 Å². The number of rotatable bonds is 9. The van der Waals surface area contributed by atoms with Gasteiger partial charge in [0.25, 0.3) is 0 Å². The van der Waals surface area contributed by atoms with Crippen LogP contribution in [0.1, 0.15) is 45.4 Å². The highest BCUT2D eigenvalue weighted by atomic mass is 32.2. The molecule has 0 spiro atoms. The van der Waals surface area contributed by atoms with Gasteiger partial charge >= 0.3 is 0 Å². The van der Waals surface area contributed by atoms with Crippen LogP contribution in [-0.4, -0.2) is 45.5 Å². The Hall–Kier alpha value is -0.170. The van der Waals surface area contributed by atoms with Crippen LogP contribution in [0.3, 0.4) is 0 Å². The summed E-state index contributed by atoms with van der Waals surface area (Å²) in [5, 5.41) is 3.28. The molecular weight excluding hydrogens is 264 g/mol. The third-order valence-corrected chi connectivity index (χ3v) is 5.37. The first-order valence-corrected chi connectivity index (χ1v) is 9.12. The first kappa shape index (κ1) is 15.2. The highest BCUT2D eigenvalue weighted by molar-refractivity contribution is 7.89. The normalized spacial score (nSPS) is 30.1. The number of hydrogen-bond donors (Lipinski definition) is 2. The highest BCUT2D eigenvalue weighted by Gasteiger charge is 2.42. The van der Waals surface area contributed by atoms with E-state index in [4.69, 9.17) is 4.74 Å². The van der Waals surface area contributed by atoms with E-state index in [1.54, 1.807) is 0 Å². The van der Waals surface area contributed by atoms with Crippen molar-refractivity contribution in [3.05, 3.63) is 0 Å². The molecule has 0 amide bonds. The van der Waals surface area contributed by atoms with Crippen molar-refractivity contribution in [2.75, 3.05) is 18.8 Å². The van der Waals surface area contributed by atoms with Gasteiger partial charge in [-0.1, -0.05) is 6.92 Å². The summed E-state index contributed by atoms with van der Waals surface area (Å²) in [7, 11) is -3.14. The van der Waals surface area contributed by atoms with E-state index in [-0.39, 0.29) is 24.0 Å². The standard InChI is InChI=1S/C13H26N2O3S/c1-2-7-14-8-3-4-9-19(16,17)15-12-10-11-5-6-13(12)18-11/h11-15H,2-10H2,1H3. The van der Waals surface area contributed by atoms with E-state index in [1.165, 1.54) is 0 Å². The van der Waals surface area contributed by atoms with E-state index in [1.807, 2.05) is 0 Å². The first-order valence-electron chi connectivity index (χ1n) is 7.47. The van der Waals surface area contributed by atoms with E-state index in [0.29, 0.717) is 6.42 Å². The monoisotopic (exact) mass is 290 g/mol. The molecule has 2 rings (SSSR count). The molecule has 2 bridgehead atoms. The van der Waals surface area contributed by atoms with E-state index < -0.39 is 10.0 Å². The van der Waals surface area contributed by atoms with Gasteiger partial charge in [0.05, 0.1) is 24.0 Å². The average molecular weight is 290 g/mol. The lowest BCUT2D eigenvalue weighted by Crippen LogP contribution is -2.42. The van der Waals surface area contributed by atoms with Crippen molar-refractivity contribution >= 4 is 10.0 Å². The van der Waals surface area contributed by atoms with Crippen molar-refractivity contribution in [3.8, 4) is 0 Å². The number of fused-ring (bicyclic) bond motifs is 2. The number of ether oxygens (including phenoxy) is 1. The van der Waals surface area contributed by atoms with Crippen LogP contribution in [0.15, 0.2) is 0 Å². The summed E-state index contributed by atoms with van der Waals surface area (Å²) in [4.78, 5) is 0. The van der Waals surface area contributed by atoms with Gasteiger partial charge in [0, 0.05) is 0 Å². The molecule has 0 radical (unpaired) electrons. The molecule has 0 aromatic heterocycles. The van der Waals surface area contributed by atoms with Crippen LogP contribution in [-0.2, 0) is 14.8 Å². The molecule has 0 saturated carbocycles. The minimum absolute atomic E-state index is 0.0157. The average Bonchev–Trinajstić information content (AvgIpc) is 2.95. The topological polar surface area (TPSA) is 67.4 Å². The molecule has 5 nitrogen and oxygen atoms in total. The minimum atomic E-state index is -3.14. The van der Waals surface area contributed by atoms with Crippen LogP contribution in [0, 0.1) is 0 Å². The van der Waals surface area contributed by atoms with Crippen molar-refractivity contribution < 1.29 is 13.2 Å². The maximum absolute atomic E-state index is 12.0. The molecule has 6 heteroatoms. The zero-order valence-electron chi connectivity index (χ0n) is 11.7. The van der Waals surface area contributed by atoms with Crippen molar-refractivity contribution in [2.24, 2.45) is 0 Å². The second-order valence-electron chi connectivity index (χ2n) is 5.61. The van der Waals surface area contributed by atoms with Crippen LogP contribution >= 0.6 is 0 Å². The van der Waals surface area contributed by atoms with Gasteiger partial charge in [0.1, 0.15) is 0 Å². The largest absolute Gasteiger partial charge is 0.373 e. The quantitative estimate of drug-likeness (QED) is 0.622. The van der Waals surface area contributed by atoms with Crippen LogP contribution in [0.25, 0.3) is 0 Å². The van der Waals surface area contributed by atoms with Gasteiger partial charge in [-0.2, -0.15) is 0 Å². The summed E-state index contributed by atoms with van der Waals surface area (Å²) in [6.07, 6.45) is 6.08. The fraction of sp³-hybridized carbons (Fsp3) is 1.00. The highest BCUT2D eigenvalue weighted by Crippen LogP contribution is 2.34. The van der Waals surface area contributed by atoms with Gasteiger partial charge in [-0.25, -0.2) is 13.1 Å². The summed E-state index contributed by atoms with van der Waals surface area (Å²) >= 11 is 0. The van der Waals surface area contributed by atoms with Gasteiger partial charge in [-0.3, -0.25) is 0 Å². The fourth-order valence-corrected chi connectivity index (χ4v) is 4.31. The Labute approximate surface area is 116 Å². The van der Waals surface area contributed by atoms with E-state index >= 15 is 0 Å². The summed E-state index contributed by atoms with van der Waals surface area (Å²) in [5.41, 5.74) is 0. The molecule has 2 fully saturated rings. The second-order valence-corrected chi connectivity index (χ2v) is 7.48. The Morgan fingerprint density at radius 2 is 2.05 bits per heavy atom. The molecule has 2 saturated heterocycles. The molecule has 3 unspecified atom stereocenters. The van der Waals surface area contributed by atoms with Crippen LogP contribution in [0.4, 0.5) is 0 Å². The van der Waals surface area contributed by atoms with Gasteiger partial charge in [0.15, 0.2) is 0 Å². The summed E-state index contributed by atoms with van der Waals surface area (Å²) in [6.45, 7) is 4.03. The van der Waals surface area contributed by atoms with Crippen molar-refractivity contribution in [2.45, 2.75) is 63.7 Å². The molecule has 19 heavy (non-hydrogen) atoms. The van der Waals surface area contributed by atoms with E-state index in [0.717, 1.165) is 45.2 Å². The van der Waals surface area contributed by atoms with Crippen LogP contribution in [0.5, 0.6) is 0 Å². The summed E-state index contributed by atoms with van der Waals surface area (Å²) in [5.74, 6) is 0.231. The molecule has 2 aliphatic heterocycles. The van der Waals surface area contributed by atoms with E-state index in [2.05, 4.69) is 17.0 Å². The second kappa shape index (κ2) is 7.02. The maximum atomic E-state index is 12.0. The molecule has 2 N–H and O–H groups in total. The zero-order chi connectivity index (χ0) is 13.7. The number of unbranched alkanes of at least 4 members (excludes halogenated alkanes) is 1. The predicted molar refractivity (Wildman–Crippen MR) is 75.6 cm³/mol. The Kier molecular flexibility index (Phi) is 5.62. The lowest BCUT2D eigenvalue weighted by atomic mass is 9.96. The SMILES string of the molecule is CCCNCCCCS(=O)(=O)NC1CC2CCC1O2. The van der Waals surface area contributed by atoms with Gasteiger partial charge in [-0.15, -0.1) is 0 Å². The van der Waals surface area contributed by atoms with Crippen LogP contribution < -0.4 is 10.0 Å². The zero-order valence-corrected chi connectivity index (χ0v) is 12.5. The molecule has 2 heterocycles. The molecule has 2 aliphatic rings. The van der Waals surface area contributed by atoms with Gasteiger partial charge < -0.3 is 10.1 Å². The smallest absolute Gasteiger partial charge is 0.211 e. The van der Waals surface area contributed by atoms with E-state index in [9.17, 15) is 8.42 Å². The molecule has 3 atom stereocenters. The maximum Gasteiger partial charge on any atom is 0.211 e. The lowest BCUT2D eigenvalue weighted by molar-refractivity contribution is 0.0996. The molecule has 0 aliphatic carbocycles. The third-order valence-electron chi connectivity index (χ3n) is 3.88. The molecular formula is C13H26N2O3S.